The Morgan fingerprint density at radius 1 is 1.32 bits per heavy atom. The third-order valence-electron chi connectivity index (χ3n) is 4.07. The minimum Gasteiger partial charge on any atom is -0.494 e. The maximum Gasteiger partial charge on any atom is 0.201 e. The smallest absolute Gasteiger partial charge is 0.201 e. The Morgan fingerprint density at radius 3 is 2.58 bits per heavy atom. The monoisotopic (exact) mass is 261 g/mol. The molecule has 0 bridgehead atoms. The Labute approximate surface area is 114 Å². The van der Waals surface area contributed by atoms with Crippen molar-refractivity contribution in [3.63, 3.8) is 0 Å². The molecular weight excluding hydrogens is 238 g/mol. The molecule has 2 rings (SSSR count). The number of hydrogen-bond acceptors (Lipinski definition) is 3. The van der Waals surface area contributed by atoms with Gasteiger partial charge in [-0.15, -0.1) is 0 Å². The van der Waals surface area contributed by atoms with Crippen LogP contribution in [0.3, 0.4) is 0 Å². The minimum atomic E-state index is 0.340. The van der Waals surface area contributed by atoms with Gasteiger partial charge in [-0.25, -0.2) is 4.98 Å². The molecule has 0 aliphatic carbocycles. The minimum absolute atomic E-state index is 0.340. The molecule has 0 spiro atoms. The molecule has 0 aliphatic heterocycles. The van der Waals surface area contributed by atoms with Gasteiger partial charge >= 0.3 is 0 Å². The summed E-state index contributed by atoms with van der Waals surface area (Å²) in [7, 11) is 1.66. The van der Waals surface area contributed by atoms with E-state index in [1.807, 2.05) is 12.1 Å². The van der Waals surface area contributed by atoms with Crippen molar-refractivity contribution in [1.82, 2.24) is 9.55 Å². The summed E-state index contributed by atoms with van der Waals surface area (Å²) in [5.74, 6) is 1.95. The Bertz CT molecular complexity index is 558. The van der Waals surface area contributed by atoms with Crippen LogP contribution in [-0.2, 0) is 0 Å². The molecule has 0 aliphatic rings. The summed E-state index contributed by atoms with van der Waals surface area (Å²) in [6.07, 6.45) is 2.28. The topological polar surface area (TPSA) is 53.1 Å². The number of benzene rings is 1. The van der Waals surface area contributed by atoms with Gasteiger partial charge in [0.1, 0.15) is 11.3 Å². The van der Waals surface area contributed by atoms with Crippen LogP contribution in [0, 0.1) is 5.92 Å². The van der Waals surface area contributed by atoms with Gasteiger partial charge in [0, 0.05) is 6.04 Å². The lowest BCUT2D eigenvalue weighted by Gasteiger charge is -2.24. The number of methoxy groups -OCH3 is 1. The third-order valence-corrected chi connectivity index (χ3v) is 4.07. The van der Waals surface area contributed by atoms with Crippen LogP contribution in [0.5, 0.6) is 5.75 Å². The Balaban J connectivity index is 2.57. The molecule has 0 amide bonds. The second-order valence-electron chi connectivity index (χ2n) is 4.99. The fourth-order valence-electron chi connectivity index (χ4n) is 2.88. The van der Waals surface area contributed by atoms with Crippen LogP contribution in [-0.4, -0.2) is 16.7 Å². The van der Waals surface area contributed by atoms with E-state index in [0.29, 0.717) is 17.9 Å². The van der Waals surface area contributed by atoms with Crippen LogP contribution < -0.4 is 10.5 Å². The molecule has 19 heavy (non-hydrogen) atoms. The molecule has 1 unspecified atom stereocenters. The van der Waals surface area contributed by atoms with Crippen molar-refractivity contribution in [2.45, 2.75) is 39.7 Å². The van der Waals surface area contributed by atoms with E-state index in [0.717, 1.165) is 29.6 Å². The summed E-state index contributed by atoms with van der Waals surface area (Å²) in [6.45, 7) is 6.66. The van der Waals surface area contributed by atoms with Crippen LogP contribution in [0.2, 0.25) is 0 Å². The number of hydrogen-bond donors (Lipinski definition) is 1. The number of anilines is 1. The van der Waals surface area contributed by atoms with Gasteiger partial charge in [-0.05, 0) is 25.0 Å². The normalized spacial score (nSPS) is 13.1. The van der Waals surface area contributed by atoms with Gasteiger partial charge < -0.3 is 15.0 Å². The first-order valence-electron chi connectivity index (χ1n) is 6.94. The molecule has 1 aromatic carbocycles. The Hall–Kier alpha value is -1.71. The number of aromatic nitrogens is 2. The van der Waals surface area contributed by atoms with Crippen LogP contribution >= 0.6 is 0 Å². The fraction of sp³-hybridized carbons (Fsp3) is 0.533. The first kappa shape index (κ1) is 13.7. The van der Waals surface area contributed by atoms with Crippen molar-refractivity contribution in [2.75, 3.05) is 12.8 Å². The van der Waals surface area contributed by atoms with E-state index >= 15 is 0 Å². The maximum absolute atomic E-state index is 6.12. The zero-order chi connectivity index (χ0) is 14.0. The van der Waals surface area contributed by atoms with E-state index in [1.54, 1.807) is 7.11 Å². The molecule has 0 fully saturated rings. The van der Waals surface area contributed by atoms with Gasteiger partial charge in [0.2, 0.25) is 5.95 Å². The lowest BCUT2D eigenvalue weighted by atomic mass is 9.95. The molecule has 1 heterocycles. The highest BCUT2D eigenvalue weighted by Gasteiger charge is 2.21. The first-order valence-corrected chi connectivity index (χ1v) is 6.94. The summed E-state index contributed by atoms with van der Waals surface area (Å²) >= 11 is 0. The molecule has 1 aromatic heterocycles. The summed E-state index contributed by atoms with van der Waals surface area (Å²) in [4.78, 5) is 4.47. The number of rotatable bonds is 5. The van der Waals surface area contributed by atoms with Crippen molar-refractivity contribution >= 4 is 17.0 Å². The van der Waals surface area contributed by atoms with E-state index < -0.39 is 0 Å². The number of para-hydroxylation sites is 1. The zero-order valence-electron chi connectivity index (χ0n) is 12.2. The van der Waals surface area contributed by atoms with Crippen molar-refractivity contribution in [3.8, 4) is 5.75 Å². The van der Waals surface area contributed by atoms with Gasteiger partial charge in [0.25, 0.3) is 0 Å². The average molecular weight is 261 g/mol. The molecule has 0 radical (unpaired) electrons. The summed E-state index contributed by atoms with van der Waals surface area (Å²) < 4.78 is 7.49. The molecular formula is C15H23N3O. The number of nitrogens with zero attached hydrogens (tertiary/aromatic N) is 2. The molecule has 1 atom stereocenters. The Morgan fingerprint density at radius 2 is 2.00 bits per heavy atom. The number of fused-ring (bicyclic) bond motifs is 1. The second-order valence-corrected chi connectivity index (χ2v) is 4.99. The second kappa shape index (κ2) is 5.51. The van der Waals surface area contributed by atoms with Gasteiger partial charge in [-0.1, -0.05) is 32.8 Å². The van der Waals surface area contributed by atoms with Crippen molar-refractivity contribution in [1.29, 1.82) is 0 Å². The molecule has 2 aromatic rings. The molecule has 4 heteroatoms. The number of imidazole rings is 1. The largest absolute Gasteiger partial charge is 0.494 e. The zero-order valence-corrected chi connectivity index (χ0v) is 12.2. The van der Waals surface area contributed by atoms with Crippen molar-refractivity contribution in [2.24, 2.45) is 5.92 Å². The van der Waals surface area contributed by atoms with Crippen LogP contribution in [0.25, 0.3) is 11.0 Å². The van der Waals surface area contributed by atoms with E-state index in [9.17, 15) is 0 Å². The van der Waals surface area contributed by atoms with Gasteiger partial charge in [0.15, 0.2) is 0 Å². The summed E-state index contributed by atoms with van der Waals surface area (Å²) in [5.41, 5.74) is 8.02. The maximum atomic E-state index is 6.12. The standard InChI is InChI=1S/C15H23N3O/c1-5-11(6-2)10(3)18-12-8-7-9-13(19-4)14(12)17-15(18)16/h7-11H,5-6H2,1-4H3,(H2,16,17). The number of ether oxygens (including phenoxy) is 1. The first-order chi connectivity index (χ1) is 9.13. The highest BCUT2D eigenvalue weighted by atomic mass is 16.5. The quantitative estimate of drug-likeness (QED) is 0.894. The fourth-order valence-corrected chi connectivity index (χ4v) is 2.88. The van der Waals surface area contributed by atoms with Crippen LogP contribution in [0.15, 0.2) is 18.2 Å². The molecule has 0 saturated heterocycles. The lowest BCUT2D eigenvalue weighted by molar-refractivity contribution is 0.342. The lowest BCUT2D eigenvalue weighted by Crippen LogP contribution is -2.17. The molecule has 4 nitrogen and oxygen atoms in total. The van der Waals surface area contributed by atoms with Crippen molar-refractivity contribution < 1.29 is 4.74 Å². The molecule has 2 N–H and O–H groups in total. The van der Waals surface area contributed by atoms with Gasteiger partial charge in [-0.2, -0.15) is 0 Å². The predicted octanol–water partition coefficient (Wildman–Crippen LogP) is 3.62. The van der Waals surface area contributed by atoms with E-state index in [-0.39, 0.29) is 0 Å². The highest BCUT2D eigenvalue weighted by molar-refractivity contribution is 5.84. The number of nitrogens with two attached hydrogens (primary N) is 1. The summed E-state index contributed by atoms with van der Waals surface area (Å²) in [5, 5.41) is 0. The van der Waals surface area contributed by atoms with Gasteiger partial charge in [-0.3, -0.25) is 0 Å². The highest BCUT2D eigenvalue weighted by Crippen LogP contribution is 2.33. The molecule has 0 saturated carbocycles. The van der Waals surface area contributed by atoms with E-state index in [1.165, 1.54) is 0 Å². The van der Waals surface area contributed by atoms with Gasteiger partial charge in [0.05, 0.1) is 12.6 Å². The SMILES string of the molecule is CCC(CC)C(C)n1c(N)nc2c(OC)cccc21. The third kappa shape index (κ3) is 2.27. The molecule has 104 valence electrons. The average Bonchev–Trinajstić information content (AvgIpc) is 2.75. The van der Waals surface area contributed by atoms with Crippen LogP contribution in [0.1, 0.15) is 39.7 Å². The van der Waals surface area contributed by atoms with E-state index in [2.05, 4.69) is 36.4 Å². The van der Waals surface area contributed by atoms with E-state index in [4.69, 9.17) is 10.5 Å². The Kier molecular flexibility index (Phi) is 3.98. The van der Waals surface area contributed by atoms with Crippen LogP contribution in [0.4, 0.5) is 5.95 Å². The summed E-state index contributed by atoms with van der Waals surface area (Å²) in [6, 6.07) is 6.30. The predicted molar refractivity (Wildman–Crippen MR) is 79.5 cm³/mol. The van der Waals surface area contributed by atoms with Crippen molar-refractivity contribution in [3.05, 3.63) is 18.2 Å². The number of nitrogen functional groups attached to an aromatic ring is 1.